The molecule has 4 nitrogen and oxygen atoms in total. The van der Waals surface area contributed by atoms with Crippen LogP contribution in [0, 0.1) is 17.1 Å². The molecule has 1 N–H and O–H groups in total. The van der Waals surface area contributed by atoms with Crippen molar-refractivity contribution in [1.29, 1.82) is 5.26 Å². The van der Waals surface area contributed by atoms with E-state index in [0.29, 0.717) is 15.7 Å². The van der Waals surface area contributed by atoms with Crippen molar-refractivity contribution in [2.24, 2.45) is 0 Å². The number of nitriles is 1. The smallest absolute Gasteiger partial charge is 0.264 e. The normalized spacial score (nSPS) is 10.9. The third-order valence-electron chi connectivity index (χ3n) is 4.75. The van der Waals surface area contributed by atoms with Crippen LogP contribution in [-0.4, -0.2) is 10.2 Å². The molecule has 0 fully saturated rings. The van der Waals surface area contributed by atoms with Crippen molar-refractivity contribution in [2.75, 3.05) is 0 Å². The number of ether oxygens (including phenoxy) is 1. The molecule has 0 spiro atoms. The van der Waals surface area contributed by atoms with Gasteiger partial charge in [0, 0.05) is 12.0 Å². The molecule has 0 saturated heterocycles. The van der Waals surface area contributed by atoms with Crippen molar-refractivity contribution in [2.45, 2.75) is 12.8 Å². The predicted molar refractivity (Wildman–Crippen MR) is 117 cm³/mol. The van der Waals surface area contributed by atoms with Crippen LogP contribution in [0.3, 0.4) is 0 Å². The summed E-state index contributed by atoms with van der Waals surface area (Å²) in [5.41, 5.74) is 2.33. The van der Waals surface area contributed by atoms with Gasteiger partial charge in [-0.25, -0.2) is 13.2 Å². The molecule has 1 aromatic heterocycles. The van der Waals surface area contributed by atoms with E-state index < -0.39 is 12.2 Å². The Morgan fingerprint density at radius 3 is 2.56 bits per heavy atom. The van der Waals surface area contributed by atoms with Crippen molar-refractivity contribution in [3.63, 3.8) is 0 Å². The molecule has 0 bridgehead atoms. The molecule has 3 aromatic carbocycles. The molecule has 0 radical (unpaired) electrons. The van der Waals surface area contributed by atoms with Gasteiger partial charge in [0.05, 0.1) is 27.5 Å². The topological polar surface area (TPSA) is 61.7 Å². The molecule has 0 unspecified atom stereocenters. The van der Waals surface area contributed by atoms with Crippen LogP contribution >= 0.6 is 15.9 Å². The van der Waals surface area contributed by atoms with E-state index in [4.69, 9.17) is 10.00 Å². The molecule has 160 valence electrons. The van der Waals surface area contributed by atoms with Crippen molar-refractivity contribution in [3.8, 4) is 28.8 Å². The zero-order chi connectivity index (χ0) is 22.7. The van der Waals surface area contributed by atoms with Crippen LogP contribution < -0.4 is 4.74 Å². The Morgan fingerprint density at radius 2 is 1.84 bits per heavy atom. The minimum absolute atomic E-state index is 0.00421. The molecule has 1 heterocycles. The molecule has 4 rings (SSSR count). The standard InChI is InChI=1S/C24H15BrF3N3O/c25-20-7-6-16(10-18-12-21(31-30-18)15-4-2-1-3-5-15)22(26)23(20)32-19-9-14(13-29)8-17(11-19)24(27)28/h1-9,11-12,24H,10H2,(H,30,31). The molecule has 0 saturated carbocycles. The monoisotopic (exact) mass is 497 g/mol. The zero-order valence-corrected chi connectivity index (χ0v) is 18.0. The number of H-pyrrole nitrogens is 1. The van der Waals surface area contributed by atoms with E-state index in [1.54, 1.807) is 18.2 Å². The van der Waals surface area contributed by atoms with E-state index in [1.165, 1.54) is 6.07 Å². The van der Waals surface area contributed by atoms with Gasteiger partial charge in [-0.05, 0) is 57.4 Å². The molecule has 0 atom stereocenters. The highest BCUT2D eigenvalue weighted by atomic mass is 79.9. The Bertz CT molecular complexity index is 1300. The van der Waals surface area contributed by atoms with Crippen molar-refractivity contribution < 1.29 is 17.9 Å². The molecule has 0 aliphatic heterocycles. The lowest BCUT2D eigenvalue weighted by atomic mass is 10.1. The van der Waals surface area contributed by atoms with Gasteiger partial charge in [0.1, 0.15) is 5.75 Å². The van der Waals surface area contributed by atoms with Crippen LogP contribution in [0.4, 0.5) is 13.2 Å². The Kier molecular flexibility index (Phi) is 6.28. The number of rotatable bonds is 6. The first-order chi connectivity index (χ1) is 15.4. The molecule has 0 aliphatic carbocycles. The first-order valence-corrected chi connectivity index (χ1v) is 10.3. The number of nitrogens with one attached hydrogen (secondary N) is 1. The lowest BCUT2D eigenvalue weighted by Gasteiger charge is -2.13. The van der Waals surface area contributed by atoms with E-state index in [9.17, 15) is 8.78 Å². The van der Waals surface area contributed by atoms with Gasteiger partial charge in [-0.15, -0.1) is 0 Å². The van der Waals surface area contributed by atoms with E-state index in [2.05, 4.69) is 26.1 Å². The van der Waals surface area contributed by atoms with E-state index in [-0.39, 0.29) is 29.0 Å². The number of halogens is 4. The molecule has 32 heavy (non-hydrogen) atoms. The summed E-state index contributed by atoms with van der Waals surface area (Å²) in [5, 5.41) is 16.3. The minimum atomic E-state index is -2.79. The number of aromatic nitrogens is 2. The van der Waals surface area contributed by atoms with Crippen molar-refractivity contribution in [1.82, 2.24) is 10.2 Å². The molecule has 4 aromatic rings. The molecule has 0 amide bonds. The van der Waals surface area contributed by atoms with Crippen LogP contribution in [0.1, 0.15) is 28.8 Å². The Hall–Kier alpha value is -3.57. The summed E-state index contributed by atoms with van der Waals surface area (Å²) in [7, 11) is 0. The van der Waals surface area contributed by atoms with Gasteiger partial charge >= 0.3 is 0 Å². The van der Waals surface area contributed by atoms with E-state index in [0.717, 1.165) is 23.4 Å². The fourth-order valence-electron chi connectivity index (χ4n) is 3.21. The number of nitrogens with zero attached hydrogens (tertiary/aromatic N) is 2. The van der Waals surface area contributed by atoms with Crippen LogP contribution in [0.15, 0.2) is 71.2 Å². The highest BCUT2D eigenvalue weighted by Gasteiger charge is 2.18. The molecular formula is C24H15BrF3N3O. The van der Waals surface area contributed by atoms with E-state index in [1.807, 2.05) is 36.4 Å². The summed E-state index contributed by atoms with van der Waals surface area (Å²) < 4.78 is 47.4. The second-order valence-electron chi connectivity index (χ2n) is 6.97. The third kappa shape index (κ3) is 4.68. The van der Waals surface area contributed by atoms with Gasteiger partial charge in [-0.3, -0.25) is 5.10 Å². The third-order valence-corrected chi connectivity index (χ3v) is 5.37. The van der Waals surface area contributed by atoms with Gasteiger partial charge in [0.15, 0.2) is 11.6 Å². The first kappa shape index (κ1) is 21.7. The lowest BCUT2D eigenvalue weighted by molar-refractivity contribution is 0.151. The van der Waals surface area contributed by atoms with Gasteiger partial charge < -0.3 is 4.74 Å². The summed E-state index contributed by atoms with van der Waals surface area (Å²) in [6.07, 6.45) is -2.59. The van der Waals surface area contributed by atoms with Gasteiger partial charge in [-0.2, -0.15) is 10.4 Å². The number of hydrogen-bond donors (Lipinski definition) is 1. The molecular weight excluding hydrogens is 483 g/mol. The van der Waals surface area contributed by atoms with Gasteiger partial charge in [0.25, 0.3) is 6.43 Å². The Morgan fingerprint density at radius 1 is 1.06 bits per heavy atom. The van der Waals surface area contributed by atoms with Crippen molar-refractivity contribution in [3.05, 3.63) is 99.4 Å². The summed E-state index contributed by atoms with van der Waals surface area (Å²) >= 11 is 3.24. The number of alkyl halides is 2. The average Bonchev–Trinajstić information content (AvgIpc) is 3.27. The first-order valence-electron chi connectivity index (χ1n) is 9.52. The highest BCUT2D eigenvalue weighted by Crippen LogP contribution is 2.36. The zero-order valence-electron chi connectivity index (χ0n) is 16.4. The van der Waals surface area contributed by atoms with Crippen LogP contribution in [0.2, 0.25) is 0 Å². The quantitative estimate of drug-likeness (QED) is 0.307. The van der Waals surface area contributed by atoms with Crippen LogP contribution in [-0.2, 0) is 6.42 Å². The number of hydrogen-bond acceptors (Lipinski definition) is 3. The maximum atomic E-state index is 15.3. The molecule has 0 aliphatic rings. The fourth-order valence-corrected chi connectivity index (χ4v) is 3.59. The molecule has 8 heteroatoms. The van der Waals surface area contributed by atoms with Crippen LogP contribution in [0.5, 0.6) is 11.5 Å². The lowest BCUT2D eigenvalue weighted by Crippen LogP contribution is -1.98. The highest BCUT2D eigenvalue weighted by molar-refractivity contribution is 9.10. The maximum Gasteiger partial charge on any atom is 0.264 e. The summed E-state index contributed by atoms with van der Waals surface area (Å²) in [4.78, 5) is 0. The Labute approximate surface area is 190 Å². The van der Waals surface area contributed by atoms with E-state index >= 15 is 4.39 Å². The maximum absolute atomic E-state index is 15.3. The largest absolute Gasteiger partial charge is 0.453 e. The minimum Gasteiger partial charge on any atom is -0.453 e. The van der Waals surface area contributed by atoms with Crippen molar-refractivity contribution >= 4 is 15.9 Å². The summed E-state index contributed by atoms with van der Waals surface area (Å²) in [6.45, 7) is 0. The van der Waals surface area contributed by atoms with Gasteiger partial charge in [0.2, 0.25) is 0 Å². The summed E-state index contributed by atoms with van der Waals surface area (Å²) in [5.74, 6) is -0.858. The average molecular weight is 498 g/mol. The second-order valence-corrected chi connectivity index (χ2v) is 7.82. The van der Waals surface area contributed by atoms with Crippen LogP contribution in [0.25, 0.3) is 11.3 Å². The SMILES string of the molecule is N#Cc1cc(Oc2c(Br)ccc(Cc3cc(-c4ccccc4)[nH]n3)c2F)cc(C(F)F)c1. The second kappa shape index (κ2) is 9.28. The van der Waals surface area contributed by atoms with Gasteiger partial charge in [-0.1, -0.05) is 36.4 Å². The number of aromatic amines is 1. The number of benzene rings is 3. The predicted octanol–water partition coefficient (Wildman–Crippen LogP) is 7.17. The summed E-state index contributed by atoms with van der Waals surface area (Å²) in [6, 6.07) is 19.9. The fraction of sp³-hybridized carbons (Fsp3) is 0.0833. The Balaban J connectivity index is 1.62.